The fraction of sp³-hybridized carbons (Fsp3) is 0.150. The number of hydrogen-bond acceptors (Lipinski definition) is 2. The summed E-state index contributed by atoms with van der Waals surface area (Å²) in [5.74, 6) is -0.0251. The Morgan fingerprint density at radius 2 is 1.32 bits per heavy atom. The minimum atomic E-state index is -0.172. The fourth-order valence-electron chi connectivity index (χ4n) is 3.36. The standard InChI is InChI=1S/C20H16O2/c21-20-19-17(15-9-5-2-6-10-15)12-11-16(18(19)13-22-20)14-7-3-1-4-8-14/h1-12,16-17H,13H2/t16-,17+/m0/s1. The van der Waals surface area contributed by atoms with E-state index in [9.17, 15) is 4.79 Å². The van der Waals surface area contributed by atoms with Gasteiger partial charge in [-0.1, -0.05) is 72.8 Å². The van der Waals surface area contributed by atoms with Crippen LogP contribution >= 0.6 is 0 Å². The van der Waals surface area contributed by atoms with Crippen molar-refractivity contribution in [3.8, 4) is 0 Å². The highest BCUT2D eigenvalue weighted by molar-refractivity contribution is 5.95. The van der Waals surface area contributed by atoms with Crippen molar-refractivity contribution in [3.05, 3.63) is 95.1 Å². The molecule has 0 N–H and O–H groups in total. The van der Waals surface area contributed by atoms with Gasteiger partial charge in [0.25, 0.3) is 0 Å². The highest BCUT2D eigenvalue weighted by atomic mass is 16.5. The number of rotatable bonds is 2. The fourth-order valence-corrected chi connectivity index (χ4v) is 3.36. The molecule has 2 aliphatic rings. The zero-order valence-corrected chi connectivity index (χ0v) is 12.1. The molecule has 0 saturated heterocycles. The van der Waals surface area contributed by atoms with E-state index in [-0.39, 0.29) is 17.8 Å². The van der Waals surface area contributed by atoms with Gasteiger partial charge < -0.3 is 4.74 Å². The minimum absolute atomic E-state index is 0.00571. The maximum Gasteiger partial charge on any atom is 0.335 e. The van der Waals surface area contributed by atoms with Gasteiger partial charge in [-0.15, -0.1) is 0 Å². The van der Waals surface area contributed by atoms with Gasteiger partial charge in [0.1, 0.15) is 6.61 Å². The summed E-state index contributed by atoms with van der Waals surface area (Å²) >= 11 is 0. The Labute approximate surface area is 129 Å². The molecule has 2 nitrogen and oxygen atoms in total. The molecule has 0 radical (unpaired) electrons. The van der Waals surface area contributed by atoms with Crippen molar-refractivity contribution in [2.45, 2.75) is 11.8 Å². The summed E-state index contributed by atoms with van der Waals surface area (Å²) in [5.41, 5.74) is 4.27. The van der Waals surface area contributed by atoms with Crippen LogP contribution in [0.2, 0.25) is 0 Å². The van der Waals surface area contributed by atoms with Crippen LogP contribution in [0.1, 0.15) is 23.0 Å². The molecule has 0 spiro atoms. The summed E-state index contributed by atoms with van der Waals surface area (Å²) in [6, 6.07) is 20.4. The van der Waals surface area contributed by atoms with Crippen LogP contribution in [0.25, 0.3) is 0 Å². The summed E-state index contributed by atoms with van der Waals surface area (Å²) in [6.07, 6.45) is 4.34. The monoisotopic (exact) mass is 288 g/mol. The van der Waals surface area contributed by atoms with Gasteiger partial charge in [0.05, 0.1) is 5.57 Å². The van der Waals surface area contributed by atoms with Crippen LogP contribution in [0.4, 0.5) is 0 Å². The Morgan fingerprint density at radius 1 is 0.773 bits per heavy atom. The van der Waals surface area contributed by atoms with Crippen molar-refractivity contribution < 1.29 is 9.53 Å². The van der Waals surface area contributed by atoms with Crippen molar-refractivity contribution >= 4 is 5.97 Å². The van der Waals surface area contributed by atoms with Crippen LogP contribution in [-0.2, 0) is 9.53 Å². The zero-order valence-electron chi connectivity index (χ0n) is 12.1. The second-order valence-corrected chi connectivity index (χ2v) is 5.68. The first-order chi connectivity index (χ1) is 10.8. The maximum absolute atomic E-state index is 12.3. The Balaban J connectivity index is 1.80. The van der Waals surface area contributed by atoms with Gasteiger partial charge in [-0.3, -0.25) is 0 Å². The summed E-state index contributed by atoms with van der Waals surface area (Å²) in [6.45, 7) is 0.404. The third-order valence-electron chi connectivity index (χ3n) is 4.42. The van der Waals surface area contributed by atoms with E-state index in [1.165, 1.54) is 5.56 Å². The van der Waals surface area contributed by atoms with E-state index in [2.05, 4.69) is 36.4 Å². The quantitative estimate of drug-likeness (QED) is 0.617. The van der Waals surface area contributed by atoms with Crippen molar-refractivity contribution in [2.75, 3.05) is 6.61 Å². The van der Waals surface area contributed by atoms with E-state index in [1.807, 2.05) is 36.4 Å². The maximum atomic E-state index is 12.3. The Bertz CT molecular complexity index is 757. The second kappa shape index (κ2) is 5.30. The minimum Gasteiger partial charge on any atom is -0.458 e. The molecule has 108 valence electrons. The SMILES string of the molecule is O=C1OCC2=C1[C@@H](c1ccccc1)C=C[C@H]2c1ccccc1. The third kappa shape index (κ3) is 2.08. The van der Waals surface area contributed by atoms with Gasteiger partial charge >= 0.3 is 5.97 Å². The number of cyclic esters (lactones) is 1. The number of hydrogen-bond donors (Lipinski definition) is 0. The first-order valence-electron chi connectivity index (χ1n) is 7.53. The molecular formula is C20H16O2. The number of carbonyl (C=O) groups excluding carboxylic acids is 1. The Hall–Kier alpha value is -2.61. The molecule has 2 atom stereocenters. The van der Waals surface area contributed by atoms with E-state index in [0.29, 0.717) is 6.61 Å². The van der Waals surface area contributed by atoms with E-state index < -0.39 is 0 Å². The molecule has 1 aliphatic heterocycles. The molecule has 1 aliphatic carbocycles. The molecule has 2 heteroatoms. The van der Waals surface area contributed by atoms with Gasteiger partial charge in [0, 0.05) is 11.8 Å². The molecule has 0 unspecified atom stereocenters. The molecule has 0 fully saturated rings. The number of allylic oxidation sites excluding steroid dienone is 2. The van der Waals surface area contributed by atoms with Gasteiger partial charge in [0.15, 0.2) is 0 Å². The van der Waals surface area contributed by atoms with Crippen LogP contribution in [-0.4, -0.2) is 12.6 Å². The molecule has 0 amide bonds. The smallest absolute Gasteiger partial charge is 0.335 e. The number of carbonyl (C=O) groups is 1. The van der Waals surface area contributed by atoms with Gasteiger partial charge in [-0.05, 0) is 16.7 Å². The first-order valence-corrected chi connectivity index (χ1v) is 7.53. The van der Waals surface area contributed by atoms with Gasteiger partial charge in [-0.25, -0.2) is 4.79 Å². The van der Waals surface area contributed by atoms with E-state index >= 15 is 0 Å². The third-order valence-corrected chi connectivity index (χ3v) is 4.42. The zero-order chi connectivity index (χ0) is 14.9. The topological polar surface area (TPSA) is 26.3 Å². The lowest BCUT2D eigenvalue weighted by Gasteiger charge is -2.24. The van der Waals surface area contributed by atoms with Crippen LogP contribution in [0.3, 0.4) is 0 Å². The Morgan fingerprint density at radius 3 is 1.95 bits per heavy atom. The average Bonchev–Trinajstić information content (AvgIpc) is 2.98. The summed E-state index contributed by atoms with van der Waals surface area (Å²) in [7, 11) is 0. The molecule has 0 saturated carbocycles. The lowest BCUT2D eigenvalue weighted by atomic mass is 9.77. The number of benzene rings is 2. The number of esters is 1. The summed E-state index contributed by atoms with van der Waals surface area (Å²) < 4.78 is 5.35. The summed E-state index contributed by atoms with van der Waals surface area (Å²) in [5, 5.41) is 0. The second-order valence-electron chi connectivity index (χ2n) is 5.68. The molecule has 0 aromatic heterocycles. The van der Waals surface area contributed by atoms with E-state index in [4.69, 9.17) is 4.74 Å². The predicted octanol–water partition coefficient (Wildman–Crippen LogP) is 3.98. The number of ether oxygens (including phenoxy) is 1. The van der Waals surface area contributed by atoms with E-state index in [1.54, 1.807) is 0 Å². The highest BCUT2D eigenvalue weighted by Gasteiger charge is 2.37. The average molecular weight is 288 g/mol. The highest BCUT2D eigenvalue weighted by Crippen LogP contribution is 2.43. The van der Waals surface area contributed by atoms with Crippen LogP contribution in [0.5, 0.6) is 0 Å². The molecular weight excluding hydrogens is 272 g/mol. The molecule has 4 rings (SSSR count). The van der Waals surface area contributed by atoms with Crippen molar-refractivity contribution in [1.29, 1.82) is 0 Å². The first kappa shape index (κ1) is 13.1. The molecule has 2 aromatic rings. The molecule has 2 aromatic carbocycles. The van der Waals surface area contributed by atoms with Crippen LogP contribution < -0.4 is 0 Å². The Kier molecular flexibility index (Phi) is 3.15. The van der Waals surface area contributed by atoms with Crippen molar-refractivity contribution in [3.63, 3.8) is 0 Å². The molecule has 1 heterocycles. The van der Waals surface area contributed by atoms with Gasteiger partial charge in [-0.2, -0.15) is 0 Å². The largest absolute Gasteiger partial charge is 0.458 e. The predicted molar refractivity (Wildman–Crippen MR) is 85.5 cm³/mol. The van der Waals surface area contributed by atoms with Crippen molar-refractivity contribution in [2.24, 2.45) is 0 Å². The van der Waals surface area contributed by atoms with Crippen LogP contribution in [0.15, 0.2) is 84.0 Å². The van der Waals surface area contributed by atoms with E-state index in [0.717, 1.165) is 16.7 Å². The van der Waals surface area contributed by atoms with Crippen molar-refractivity contribution in [1.82, 2.24) is 0 Å². The lowest BCUT2D eigenvalue weighted by Crippen LogP contribution is -2.14. The molecule has 22 heavy (non-hydrogen) atoms. The lowest BCUT2D eigenvalue weighted by molar-refractivity contribution is -0.136. The molecule has 0 bridgehead atoms. The normalized spacial score (nSPS) is 23.4. The van der Waals surface area contributed by atoms with Crippen LogP contribution in [0, 0.1) is 0 Å². The summed E-state index contributed by atoms with van der Waals surface area (Å²) in [4.78, 5) is 12.3. The van der Waals surface area contributed by atoms with Gasteiger partial charge in [0.2, 0.25) is 0 Å².